The van der Waals surface area contributed by atoms with Crippen LogP contribution in [0.2, 0.25) is 5.02 Å². The molecule has 0 aromatic heterocycles. The lowest BCUT2D eigenvalue weighted by Gasteiger charge is -2.11. The van der Waals surface area contributed by atoms with E-state index in [1.165, 1.54) is 0 Å². The van der Waals surface area contributed by atoms with Gasteiger partial charge in [0, 0.05) is 29.1 Å². The zero-order valence-corrected chi connectivity index (χ0v) is 12.5. The van der Waals surface area contributed by atoms with Gasteiger partial charge in [-0.05, 0) is 36.2 Å². The van der Waals surface area contributed by atoms with E-state index >= 15 is 0 Å². The fraction of sp³-hybridized carbons (Fsp3) is 0.188. The van der Waals surface area contributed by atoms with E-state index in [1.54, 1.807) is 25.3 Å². The summed E-state index contributed by atoms with van der Waals surface area (Å²) in [4.78, 5) is 12.3. The van der Waals surface area contributed by atoms with Crippen molar-refractivity contribution in [3.8, 4) is 0 Å². The van der Waals surface area contributed by atoms with E-state index in [-0.39, 0.29) is 5.91 Å². The first kappa shape index (κ1) is 15.4. The van der Waals surface area contributed by atoms with Crippen molar-refractivity contribution >= 4 is 28.9 Å². The monoisotopic (exact) mass is 304 g/mol. The van der Waals surface area contributed by atoms with Crippen molar-refractivity contribution in [3.05, 3.63) is 58.6 Å². The Labute approximate surface area is 128 Å². The minimum atomic E-state index is -0.242. The van der Waals surface area contributed by atoms with Crippen LogP contribution in [-0.4, -0.2) is 19.6 Å². The number of hydrogen-bond acceptors (Lipinski definition) is 3. The Balaban J connectivity index is 2.19. The van der Waals surface area contributed by atoms with Gasteiger partial charge in [-0.25, -0.2) is 0 Å². The molecule has 0 heterocycles. The summed E-state index contributed by atoms with van der Waals surface area (Å²) >= 11 is 5.92. The summed E-state index contributed by atoms with van der Waals surface area (Å²) in [6.45, 7) is 0.594. The number of hydrogen-bond donors (Lipinski definition) is 2. The fourth-order valence-corrected chi connectivity index (χ4v) is 2.25. The van der Waals surface area contributed by atoms with E-state index < -0.39 is 0 Å². The molecule has 2 aromatic carbocycles. The summed E-state index contributed by atoms with van der Waals surface area (Å²) in [6.07, 6.45) is 0.727. The van der Waals surface area contributed by atoms with Crippen LogP contribution in [-0.2, 0) is 11.2 Å². The van der Waals surface area contributed by atoms with Gasteiger partial charge in [-0.3, -0.25) is 4.79 Å². The maximum absolute atomic E-state index is 12.3. The Bertz CT molecular complexity index is 624. The molecule has 4 nitrogen and oxygen atoms in total. The van der Waals surface area contributed by atoms with Gasteiger partial charge in [0.05, 0.1) is 6.61 Å². The van der Waals surface area contributed by atoms with Crippen molar-refractivity contribution in [2.45, 2.75) is 6.42 Å². The molecule has 0 atom stereocenters. The molecule has 0 radical (unpaired) electrons. The number of nitrogen functional groups attached to an aromatic ring is 1. The summed E-state index contributed by atoms with van der Waals surface area (Å²) in [5, 5.41) is 3.32. The summed E-state index contributed by atoms with van der Waals surface area (Å²) < 4.78 is 5.08. The van der Waals surface area contributed by atoms with Gasteiger partial charge in [0.25, 0.3) is 5.91 Å². The molecule has 0 saturated carbocycles. The van der Waals surface area contributed by atoms with Gasteiger partial charge in [0.2, 0.25) is 0 Å². The largest absolute Gasteiger partial charge is 0.399 e. The molecule has 0 aliphatic carbocycles. The molecule has 1 amide bonds. The van der Waals surface area contributed by atoms with Gasteiger partial charge in [-0.2, -0.15) is 0 Å². The van der Waals surface area contributed by atoms with E-state index in [4.69, 9.17) is 22.1 Å². The minimum absolute atomic E-state index is 0.242. The van der Waals surface area contributed by atoms with Crippen LogP contribution in [0.3, 0.4) is 0 Å². The zero-order valence-electron chi connectivity index (χ0n) is 11.7. The number of anilines is 2. The molecule has 0 bridgehead atoms. The molecule has 0 saturated heterocycles. The summed E-state index contributed by atoms with van der Waals surface area (Å²) in [7, 11) is 1.65. The lowest BCUT2D eigenvalue weighted by Crippen LogP contribution is -2.14. The van der Waals surface area contributed by atoms with Crippen molar-refractivity contribution in [2.24, 2.45) is 0 Å². The van der Waals surface area contributed by atoms with Gasteiger partial charge >= 0.3 is 0 Å². The van der Waals surface area contributed by atoms with Crippen molar-refractivity contribution in [3.63, 3.8) is 0 Å². The molecule has 5 heteroatoms. The highest BCUT2D eigenvalue weighted by molar-refractivity contribution is 6.31. The number of carbonyl (C=O) groups excluding carboxylic acids is 1. The van der Waals surface area contributed by atoms with Crippen LogP contribution in [0, 0.1) is 0 Å². The molecule has 2 rings (SSSR count). The first-order valence-electron chi connectivity index (χ1n) is 6.54. The minimum Gasteiger partial charge on any atom is -0.399 e. The number of para-hydroxylation sites is 1. The maximum Gasteiger partial charge on any atom is 0.255 e. The second-order valence-electron chi connectivity index (χ2n) is 4.63. The number of benzene rings is 2. The third kappa shape index (κ3) is 4.21. The SMILES string of the molecule is COCCc1ccccc1NC(=O)c1cc(N)cc(Cl)c1. The van der Waals surface area contributed by atoms with E-state index in [9.17, 15) is 4.79 Å². The van der Waals surface area contributed by atoms with Crippen molar-refractivity contribution < 1.29 is 9.53 Å². The predicted octanol–water partition coefficient (Wildman–Crippen LogP) is 3.36. The molecular formula is C16H17ClN2O2. The molecule has 0 unspecified atom stereocenters. The number of nitrogens with two attached hydrogens (primary N) is 1. The van der Waals surface area contributed by atoms with E-state index in [1.807, 2.05) is 24.3 Å². The highest BCUT2D eigenvalue weighted by Crippen LogP contribution is 2.20. The average Bonchev–Trinajstić information content (AvgIpc) is 2.45. The van der Waals surface area contributed by atoms with Crippen molar-refractivity contribution in [1.29, 1.82) is 0 Å². The van der Waals surface area contributed by atoms with Crippen LogP contribution >= 0.6 is 11.6 Å². The highest BCUT2D eigenvalue weighted by Gasteiger charge is 2.10. The standard InChI is InChI=1S/C16H17ClN2O2/c1-21-7-6-11-4-2-3-5-15(11)19-16(20)12-8-13(17)10-14(18)9-12/h2-5,8-10H,6-7,18H2,1H3,(H,19,20). The maximum atomic E-state index is 12.3. The molecule has 0 aliphatic rings. The lowest BCUT2D eigenvalue weighted by atomic mass is 10.1. The summed E-state index contributed by atoms with van der Waals surface area (Å²) in [6, 6.07) is 12.4. The molecule has 0 spiro atoms. The van der Waals surface area contributed by atoms with Crippen LogP contribution < -0.4 is 11.1 Å². The Kier molecular flexibility index (Phi) is 5.20. The van der Waals surface area contributed by atoms with Crippen LogP contribution in [0.25, 0.3) is 0 Å². The Morgan fingerprint density at radius 1 is 1.29 bits per heavy atom. The van der Waals surface area contributed by atoms with Gasteiger partial charge < -0.3 is 15.8 Å². The smallest absolute Gasteiger partial charge is 0.255 e. The van der Waals surface area contributed by atoms with Crippen LogP contribution in [0.1, 0.15) is 15.9 Å². The molecule has 2 aromatic rings. The van der Waals surface area contributed by atoms with Gasteiger partial charge in [-0.1, -0.05) is 29.8 Å². The Hall–Kier alpha value is -2.04. The number of halogens is 1. The topological polar surface area (TPSA) is 64.3 Å². The van der Waals surface area contributed by atoms with E-state index in [0.29, 0.717) is 22.9 Å². The number of amides is 1. The molecule has 3 N–H and O–H groups in total. The van der Waals surface area contributed by atoms with Crippen molar-refractivity contribution in [2.75, 3.05) is 24.8 Å². The lowest BCUT2D eigenvalue weighted by molar-refractivity contribution is 0.102. The number of rotatable bonds is 5. The van der Waals surface area contributed by atoms with Crippen molar-refractivity contribution in [1.82, 2.24) is 0 Å². The fourth-order valence-electron chi connectivity index (χ4n) is 2.01. The first-order chi connectivity index (χ1) is 10.1. The number of methoxy groups -OCH3 is 1. The average molecular weight is 305 g/mol. The molecule has 0 aliphatic heterocycles. The number of ether oxygens (including phenoxy) is 1. The Morgan fingerprint density at radius 3 is 2.76 bits per heavy atom. The van der Waals surface area contributed by atoms with Crippen LogP contribution in [0.4, 0.5) is 11.4 Å². The normalized spacial score (nSPS) is 10.4. The zero-order chi connectivity index (χ0) is 15.2. The van der Waals surface area contributed by atoms with Crippen LogP contribution in [0.15, 0.2) is 42.5 Å². The summed E-state index contributed by atoms with van der Waals surface area (Å²) in [5.74, 6) is -0.242. The molecular weight excluding hydrogens is 288 g/mol. The van der Waals surface area contributed by atoms with Gasteiger partial charge in [-0.15, -0.1) is 0 Å². The third-order valence-corrected chi connectivity index (χ3v) is 3.24. The second-order valence-corrected chi connectivity index (χ2v) is 5.06. The highest BCUT2D eigenvalue weighted by atomic mass is 35.5. The first-order valence-corrected chi connectivity index (χ1v) is 6.92. The molecule has 21 heavy (non-hydrogen) atoms. The van der Waals surface area contributed by atoms with E-state index in [2.05, 4.69) is 5.32 Å². The summed E-state index contributed by atoms with van der Waals surface area (Å²) in [5.41, 5.74) is 8.37. The number of carbonyl (C=O) groups is 1. The predicted molar refractivity (Wildman–Crippen MR) is 85.8 cm³/mol. The second kappa shape index (κ2) is 7.11. The third-order valence-electron chi connectivity index (χ3n) is 3.02. The molecule has 0 fully saturated rings. The van der Waals surface area contributed by atoms with Gasteiger partial charge in [0.15, 0.2) is 0 Å². The van der Waals surface area contributed by atoms with Crippen LogP contribution in [0.5, 0.6) is 0 Å². The Morgan fingerprint density at radius 2 is 2.05 bits per heavy atom. The quantitative estimate of drug-likeness (QED) is 0.832. The number of nitrogens with one attached hydrogen (secondary N) is 1. The van der Waals surface area contributed by atoms with Gasteiger partial charge in [0.1, 0.15) is 0 Å². The van der Waals surface area contributed by atoms with E-state index in [0.717, 1.165) is 17.7 Å². The molecule has 110 valence electrons.